The van der Waals surface area contributed by atoms with Gasteiger partial charge in [-0.25, -0.2) is 4.39 Å². The van der Waals surface area contributed by atoms with Crippen molar-refractivity contribution >= 4 is 23.4 Å². The van der Waals surface area contributed by atoms with Gasteiger partial charge in [0.1, 0.15) is 5.82 Å². The number of likely N-dealkylation sites (tertiary alicyclic amines) is 1. The summed E-state index contributed by atoms with van der Waals surface area (Å²) in [5.41, 5.74) is 3.62. The molecule has 0 saturated carbocycles. The molecular formula is C28H27FN4O3. The highest BCUT2D eigenvalue weighted by Crippen LogP contribution is 2.41. The first-order valence-corrected chi connectivity index (χ1v) is 12.1. The first-order valence-electron chi connectivity index (χ1n) is 12.1. The van der Waals surface area contributed by atoms with Gasteiger partial charge in [0.05, 0.1) is 12.3 Å². The Morgan fingerprint density at radius 2 is 1.86 bits per heavy atom. The number of aromatic nitrogens is 1. The van der Waals surface area contributed by atoms with Crippen LogP contribution in [0.4, 0.5) is 10.1 Å². The van der Waals surface area contributed by atoms with Crippen molar-refractivity contribution in [3.05, 3.63) is 95.1 Å². The Bertz CT molecular complexity index is 1290. The number of anilines is 1. The van der Waals surface area contributed by atoms with Gasteiger partial charge in [0.15, 0.2) is 0 Å². The fraction of sp³-hybridized carbons (Fsp3) is 0.286. The van der Waals surface area contributed by atoms with Crippen LogP contribution in [0.25, 0.3) is 0 Å². The summed E-state index contributed by atoms with van der Waals surface area (Å²) in [6.45, 7) is 1.46. The quantitative estimate of drug-likeness (QED) is 0.556. The molecule has 184 valence electrons. The van der Waals surface area contributed by atoms with Crippen molar-refractivity contribution in [1.82, 2.24) is 15.2 Å². The van der Waals surface area contributed by atoms with Gasteiger partial charge in [0.2, 0.25) is 11.8 Å². The van der Waals surface area contributed by atoms with Crippen molar-refractivity contribution in [1.29, 1.82) is 0 Å². The fourth-order valence-electron chi connectivity index (χ4n) is 5.10. The number of carbonyl (C=O) groups is 3. The SMILES string of the molecule is O=C(NCc1cccnc1)c1ccc2c(c1)C(C1CCN(C(=O)Cc3cccc(F)c3)CC1)C(=O)N2. The number of amides is 3. The van der Waals surface area contributed by atoms with Gasteiger partial charge in [-0.2, -0.15) is 0 Å². The first-order chi connectivity index (χ1) is 17.5. The Balaban J connectivity index is 1.22. The summed E-state index contributed by atoms with van der Waals surface area (Å²) in [6, 6.07) is 15.1. The van der Waals surface area contributed by atoms with E-state index in [0.29, 0.717) is 43.6 Å². The summed E-state index contributed by atoms with van der Waals surface area (Å²) in [5, 5.41) is 5.85. The second-order valence-corrected chi connectivity index (χ2v) is 9.34. The lowest BCUT2D eigenvalue weighted by Crippen LogP contribution is -2.41. The van der Waals surface area contributed by atoms with Crippen LogP contribution in [-0.2, 0) is 22.6 Å². The average Bonchev–Trinajstić information content (AvgIpc) is 3.22. The minimum Gasteiger partial charge on any atom is -0.348 e. The topological polar surface area (TPSA) is 91.4 Å². The van der Waals surface area contributed by atoms with E-state index in [1.807, 2.05) is 12.1 Å². The van der Waals surface area contributed by atoms with Gasteiger partial charge in [-0.15, -0.1) is 0 Å². The van der Waals surface area contributed by atoms with Gasteiger partial charge < -0.3 is 15.5 Å². The molecule has 7 nitrogen and oxygen atoms in total. The molecule has 2 aromatic carbocycles. The number of nitrogens with one attached hydrogen (secondary N) is 2. The zero-order valence-electron chi connectivity index (χ0n) is 19.7. The smallest absolute Gasteiger partial charge is 0.251 e. The van der Waals surface area contributed by atoms with Crippen molar-refractivity contribution in [3.63, 3.8) is 0 Å². The highest BCUT2D eigenvalue weighted by Gasteiger charge is 2.39. The third-order valence-corrected chi connectivity index (χ3v) is 6.97. The number of nitrogens with zero attached hydrogens (tertiary/aromatic N) is 2. The Hall–Kier alpha value is -4.07. The second kappa shape index (κ2) is 10.3. The summed E-state index contributed by atoms with van der Waals surface area (Å²) in [4.78, 5) is 44.2. The Labute approximate surface area is 208 Å². The standard InChI is InChI=1S/C28H27FN4O3/c29-22-5-1-3-18(13-22)14-25(34)33-11-8-20(9-12-33)26-23-15-21(6-7-24(23)32-28(26)36)27(35)31-17-19-4-2-10-30-16-19/h1-7,10,13,15-16,20,26H,8-9,11-12,14,17H2,(H,31,35)(H,32,36). The molecule has 1 fully saturated rings. The van der Waals surface area contributed by atoms with E-state index in [2.05, 4.69) is 15.6 Å². The van der Waals surface area contributed by atoms with Crippen LogP contribution >= 0.6 is 0 Å². The molecule has 3 aromatic rings. The van der Waals surface area contributed by atoms with Crippen molar-refractivity contribution in [2.45, 2.75) is 31.7 Å². The molecule has 0 radical (unpaired) electrons. The molecule has 3 heterocycles. The summed E-state index contributed by atoms with van der Waals surface area (Å²) < 4.78 is 13.5. The number of carbonyl (C=O) groups excluding carboxylic acids is 3. The largest absolute Gasteiger partial charge is 0.348 e. The van der Waals surface area contributed by atoms with E-state index in [0.717, 1.165) is 16.8 Å². The van der Waals surface area contributed by atoms with Crippen molar-refractivity contribution in [2.24, 2.45) is 5.92 Å². The van der Waals surface area contributed by atoms with E-state index in [9.17, 15) is 18.8 Å². The zero-order chi connectivity index (χ0) is 25.1. The van der Waals surface area contributed by atoms with Gasteiger partial charge >= 0.3 is 0 Å². The third kappa shape index (κ3) is 5.12. The number of hydrogen-bond donors (Lipinski definition) is 2. The van der Waals surface area contributed by atoms with E-state index >= 15 is 0 Å². The summed E-state index contributed by atoms with van der Waals surface area (Å²) in [6.07, 6.45) is 4.91. The van der Waals surface area contributed by atoms with Crippen molar-refractivity contribution < 1.29 is 18.8 Å². The Morgan fingerprint density at radius 1 is 1.06 bits per heavy atom. The second-order valence-electron chi connectivity index (χ2n) is 9.34. The molecule has 2 aliphatic rings. The maximum absolute atomic E-state index is 13.5. The first kappa shape index (κ1) is 23.7. The van der Waals surface area contributed by atoms with Gasteiger partial charge in [-0.3, -0.25) is 19.4 Å². The molecule has 3 amide bonds. The van der Waals surface area contributed by atoms with Gasteiger partial charge in [0, 0.05) is 43.3 Å². The average molecular weight is 487 g/mol. The highest BCUT2D eigenvalue weighted by molar-refractivity contribution is 6.04. The molecular weight excluding hydrogens is 459 g/mol. The molecule has 1 unspecified atom stereocenters. The predicted molar refractivity (Wildman–Crippen MR) is 133 cm³/mol. The molecule has 1 saturated heterocycles. The van der Waals surface area contributed by atoms with Gasteiger partial charge in [0.25, 0.3) is 5.91 Å². The molecule has 2 N–H and O–H groups in total. The molecule has 1 atom stereocenters. The van der Waals surface area contributed by atoms with Gasteiger partial charge in [-0.1, -0.05) is 18.2 Å². The summed E-state index contributed by atoms with van der Waals surface area (Å²) in [5.74, 6) is -0.956. The van der Waals surface area contributed by atoms with Crippen LogP contribution in [-0.4, -0.2) is 40.7 Å². The van der Waals surface area contributed by atoms with E-state index in [4.69, 9.17) is 0 Å². The lowest BCUT2D eigenvalue weighted by molar-refractivity contribution is -0.132. The Morgan fingerprint density at radius 3 is 2.61 bits per heavy atom. The number of halogens is 1. The highest BCUT2D eigenvalue weighted by atomic mass is 19.1. The monoisotopic (exact) mass is 486 g/mol. The van der Waals surface area contributed by atoms with Crippen molar-refractivity contribution in [3.8, 4) is 0 Å². The normalized spacial score (nSPS) is 17.4. The van der Waals surface area contributed by atoms with E-state index in [-0.39, 0.29) is 41.8 Å². The molecule has 0 spiro atoms. The van der Waals surface area contributed by atoms with Crippen LogP contribution in [0.5, 0.6) is 0 Å². The fourth-order valence-corrected chi connectivity index (χ4v) is 5.10. The number of pyridine rings is 1. The predicted octanol–water partition coefficient (Wildman–Crippen LogP) is 3.67. The minimum absolute atomic E-state index is 0.0390. The van der Waals surface area contributed by atoms with E-state index in [1.165, 1.54) is 12.1 Å². The van der Waals surface area contributed by atoms with E-state index < -0.39 is 0 Å². The summed E-state index contributed by atoms with van der Waals surface area (Å²) >= 11 is 0. The molecule has 5 rings (SSSR count). The number of benzene rings is 2. The third-order valence-electron chi connectivity index (χ3n) is 6.97. The van der Waals surface area contributed by atoms with Crippen LogP contribution in [0.2, 0.25) is 0 Å². The molecule has 0 bridgehead atoms. The number of hydrogen-bond acceptors (Lipinski definition) is 4. The number of piperidine rings is 1. The van der Waals surface area contributed by atoms with Crippen LogP contribution in [0.3, 0.4) is 0 Å². The minimum atomic E-state index is -0.355. The van der Waals surface area contributed by atoms with Crippen LogP contribution < -0.4 is 10.6 Å². The zero-order valence-corrected chi connectivity index (χ0v) is 19.7. The molecule has 2 aliphatic heterocycles. The van der Waals surface area contributed by atoms with Crippen LogP contribution in [0, 0.1) is 11.7 Å². The number of rotatable bonds is 6. The van der Waals surface area contributed by atoms with Crippen LogP contribution in [0.15, 0.2) is 67.0 Å². The summed E-state index contributed by atoms with van der Waals surface area (Å²) in [7, 11) is 0. The lowest BCUT2D eigenvalue weighted by Gasteiger charge is -2.34. The molecule has 8 heteroatoms. The number of fused-ring (bicyclic) bond motifs is 1. The van der Waals surface area contributed by atoms with E-state index in [1.54, 1.807) is 47.6 Å². The van der Waals surface area contributed by atoms with Gasteiger partial charge in [-0.05, 0) is 71.8 Å². The lowest BCUT2D eigenvalue weighted by atomic mass is 9.80. The Kier molecular flexibility index (Phi) is 6.75. The van der Waals surface area contributed by atoms with Crippen LogP contribution in [0.1, 0.15) is 45.8 Å². The maximum Gasteiger partial charge on any atom is 0.251 e. The van der Waals surface area contributed by atoms with Crippen molar-refractivity contribution in [2.75, 3.05) is 18.4 Å². The maximum atomic E-state index is 13.5. The molecule has 36 heavy (non-hydrogen) atoms. The molecule has 1 aromatic heterocycles. The molecule has 0 aliphatic carbocycles.